The van der Waals surface area contributed by atoms with Gasteiger partial charge in [-0.15, -0.1) is 0 Å². The third-order valence-electron chi connectivity index (χ3n) is 11.2. The summed E-state index contributed by atoms with van der Waals surface area (Å²) in [6.07, 6.45) is 1.19. The van der Waals surface area contributed by atoms with E-state index in [1.54, 1.807) is 30.5 Å². The monoisotopic (exact) mass is 877 g/mol. The van der Waals surface area contributed by atoms with Crippen molar-refractivity contribution in [2.75, 3.05) is 6.61 Å². The zero-order chi connectivity index (χ0) is 43.7. The van der Waals surface area contributed by atoms with Crippen molar-refractivity contribution >= 4 is 41.0 Å². The fourth-order valence-electron chi connectivity index (χ4n) is 7.61. The fourth-order valence-corrected chi connectivity index (χ4v) is 7.93. The average Bonchev–Trinajstić information content (AvgIpc) is 3.27. The van der Waals surface area contributed by atoms with Gasteiger partial charge in [0.1, 0.15) is 31.0 Å². The van der Waals surface area contributed by atoms with E-state index < -0.39 is 47.6 Å². The number of aliphatic carboxylic acids is 1. The number of benzene rings is 5. The lowest BCUT2D eigenvalue weighted by atomic mass is 9.91. The molecule has 2 aliphatic rings. The van der Waals surface area contributed by atoms with Crippen LogP contribution in [-0.2, 0) is 35.6 Å². The number of halogens is 4. The van der Waals surface area contributed by atoms with Crippen LogP contribution in [-0.4, -0.2) is 51.5 Å². The second-order valence-electron chi connectivity index (χ2n) is 15.2. The van der Waals surface area contributed by atoms with E-state index in [9.17, 15) is 28.3 Å². The summed E-state index contributed by atoms with van der Waals surface area (Å²) in [5.41, 5.74) is 7.35. The lowest BCUT2D eigenvalue weighted by molar-refractivity contribution is -0.142. The standard InChI is InChI=1S/C48H39Cl2F2N3O7/c1-26-27(2)53-16-15-36(26)30-6-3-28(4-7-30)18-41(48(58)59)54-46(56)42-20-33-21-43-44(22-34(33)23-55(42)47(57)32-10-14-39(51)40(52)19-32)62-45(25-61-43)31-8-11-35(12-9-31)60-24-29-5-13-37(49)38(50)17-29/h3-17,19,21-22,41-42,45H,18,20,23-25H2,1-2H3,(H,54,56)(H,58,59). The van der Waals surface area contributed by atoms with Gasteiger partial charge in [-0.25, -0.2) is 13.6 Å². The minimum Gasteiger partial charge on any atom is -0.489 e. The van der Waals surface area contributed by atoms with Gasteiger partial charge in [-0.1, -0.05) is 65.7 Å². The molecule has 2 aliphatic heterocycles. The summed E-state index contributed by atoms with van der Waals surface area (Å²) in [6, 6.07) is 25.7. The molecule has 10 nitrogen and oxygen atoms in total. The van der Waals surface area contributed by atoms with E-state index in [-0.39, 0.29) is 38.2 Å². The van der Waals surface area contributed by atoms with Crippen molar-refractivity contribution < 1.29 is 42.5 Å². The Morgan fingerprint density at radius 3 is 2.34 bits per heavy atom. The molecule has 3 heterocycles. The fraction of sp³-hybridized carbons (Fsp3) is 0.208. The first-order valence-corrected chi connectivity index (χ1v) is 20.5. The van der Waals surface area contributed by atoms with Gasteiger partial charge in [0.15, 0.2) is 29.2 Å². The predicted molar refractivity (Wildman–Crippen MR) is 229 cm³/mol. The maximum absolute atomic E-state index is 14.4. The predicted octanol–water partition coefficient (Wildman–Crippen LogP) is 9.42. The van der Waals surface area contributed by atoms with Crippen molar-refractivity contribution in [3.8, 4) is 28.4 Å². The Hall–Kier alpha value is -6.50. The van der Waals surface area contributed by atoms with Crippen molar-refractivity contribution in [1.82, 2.24) is 15.2 Å². The molecule has 5 aromatic carbocycles. The number of nitrogens with one attached hydrogen (secondary N) is 1. The number of carbonyl (C=O) groups is 3. The summed E-state index contributed by atoms with van der Waals surface area (Å²) < 4.78 is 46.9. The lowest BCUT2D eigenvalue weighted by Crippen LogP contribution is -2.56. The van der Waals surface area contributed by atoms with Crippen molar-refractivity contribution in [1.29, 1.82) is 0 Å². The number of aryl methyl sites for hydroxylation is 1. The number of carbonyl (C=O) groups excluding carboxylic acids is 2. The topological polar surface area (TPSA) is 127 Å². The number of carboxylic acid groups (broad SMARTS) is 1. The number of amides is 2. The zero-order valence-corrected chi connectivity index (χ0v) is 35.0. The van der Waals surface area contributed by atoms with Gasteiger partial charge in [-0.2, -0.15) is 0 Å². The Morgan fingerprint density at radius 2 is 1.61 bits per heavy atom. The van der Waals surface area contributed by atoms with E-state index in [1.165, 1.54) is 4.90 Å². The van der Waals surface area contributed by atoms with Gasteiger partial charge in [0.05, 0.1) is 10.0 Å². The summed E-state index contributed by atoms with van der Waals surface area (Å²) in [5.74, 6) is -3.61. The van der Waals surface area contributed by atoms with E-state index in [0.29, 0.717) is 44.0 Å². The number of hydrogen-bond acceptors (Lipinski definition) is 7. The molecule has 0 saturated carbocycles. The van der Waals surface area contributed by atoms with Crippen molar-refractivity contribution in [3.05, 3.63) is 176 Å². The molecule has 0 bridgehead atoms. The van der Waals surface area contributed by atoms with Crippen LogP contribution in [0.15, 0.2) is 109 Å². The maximum atomic E-state index is 14.4. The molecule has 316 valence electrons. The molecule has 0 spiro atoms. The number of pyridine rings is 1. The SMILES string of the molecule is Cc1nccc(-c2ccc(CC(NC(=O)C3Cc4cc5c(cc4CN3C(=O)c3ccc(F)c(F)c3)OC(c3ccc(OCc4ccc(Cl)c(Cl)c4)cc3)CO5)C(=O)O)cc2)c1C. The number of carboxylic acids is 1. The second-order valence-corrected chi connectivity index (χ2v) is 16.1. The van der Waals surface area contributed by atoms with E-state index in [4.69, 9.17) is 37.4 Å². The molecular formula is C48H39Cl2F2N3O7. The molecule has 3 atom stereocenters. The highest BCUT2D eigenvalue weighted by molar-refractivity contribution is 6.42. The third-order valence-corrected chi connectivity index (χ3v) is 11.9. The average molecular weight is 879 g/mol. The Kier molecular flexibility index (Phi) is 12.1. The van der Waals surface area contributed by atoms with Gasteiger partial charge >= 0.3 is 5.97 Å². The molecule has 6 aromatic rings. The van der Waals surface area contributed by atoms with Gasteiger partial charge in [-0.05, 0) is 119 Å². The molecule has 0 fully saturated rings. The number of rotatable bonds is 11. The van der Waals surface area contributed by atoms with E-state index in [2.05, 4.69) is 10.3 Å². The summed E-state index contributed by atoms with van der Waals surface area (Å²) >= 11 is 12.2. The molecule has 1 aromatic heterocycles. The van der Waals surface area contributed by atoms with Crippen molar-refractivity contribution in [3.63, 3.8) is 0 Å². The number of nitrogens with zero attached hydrogens (tertiary/aromatic N) is 2. The van der Waals surface area contributed by atoms with Crippen LogP contribution in [0.25, 0.3) is 11.1 Å². The van der Waals surface area contributed by atoms with Gasteiger partial charge in [0.2, 0.25) is 5.91 Å². The zero-order valence-electron chi connectivity index (χ0n) is 33.5. The molecule has 0 saturated heterocycles. The van der Waals surface area contributed by atoms with Crippen LogP contribution in [0.3, 0.4) is 0 Å². The number of aromatic nitrogens is 1. The molecule has 3 unspecified atom stereocenters. The summed E-state index contributed by atoms with van der Waals surface area (Å²) in [5, 5.41) is 13.8. The highest BCUT2D eigenvalue weighted by Gasteiger charge is 2.38. The minimum absolute atomic E-state index is 0.0217. The quantitative estimate of drug-likeness (QED) is 0.132. The van der Waals surface area contributed by atoms with Crippen LogP contribution in [0.5, 0.6) is 17.2 Å². The van der Waals surface area contributed by atoms with E-state index in [1.807, 2.05) is 74.5 Å². The van der Waals surface area contributed by atoms with Crippen LogP contribution in [0.4, 0.5) is 8.78 Å². The minimum atomic E-state index is -1.35. The second kappa shape index (κ2) is 17.8. The Balaban J connectivity index is 1.000. The normalized spacial score (nSPS) is 15.9. The summed E-state index contributed by atoms with van der Waals surface area (Å²) in [4.78, 5) is 46.4. The van der Waals surface area contributed by atoms with Crippen LogP contribution < -0.4 is 19.5 Å². The first-order valence-electron chi connectivity index (χ1n) is 19.7. The molecule has 2 amide bonds. The molecule has 0 aliphatic carbocycles. The Bertz CT molecular complexity index is 2700. The van der Waals surface area contributed by atoms with E-state index in [0.717, 1.165) is 51.7 Å². The molecule has 8 rings (SSSR count). The Morgan fingerprint density at radius 1 is 0.871 bits per heavy atom. The van der Waals surface area contributed by atoms with Crippen LogP contribution in [0.1, 0.15) is 55.5 Å². The van der Waals surface area contributed by atoms with E-state index >= 15 is 0 Å². The third kappa shape index (κ3) is 9.07. The first kappa shape index (κ1) is 42.2. The van der Waals surface area contributed by atoms with Crippen LogP contribution in [0, 0.1) is 25.5 Å². The Labute approximate surface area is 366 Å². The largest absolute Gasteiger partial charge is 0.489 e. The van der Waals surface area contributed by atoms with Gasteiger partial charge in [-0.3, -0.25) is 14.6 Å². The van der Waals surface area contributed by atoms with Crippen molar-refractivity contribution in [2.24, 2.45) is 0 Å². The van der Waals surface area contributed by atoms with Crippen LogP contribution >= 0.6 is 23.2 Å². The molecule has 14 heteroatoms. The van der Waals surface area contributed by atoms with Crippen LogP contribution in [0.2, 0.25) is 10.0 Å². The molecule has 62 heavy (non-hydrogen) atoms. The number of fused-ring (bicyclic) bond motifs is 2. The molecule has 0 radical (unpaired) electrons. The number of hydrogen-bond donors (Lipinski definition) is 2. The lowest BCUT2D eigenvalue weighted by Gasteiger charge is -2.37. The van der Waals surface area contributed by atoms with Gasteiger partial charge in [0.25, 0.3) is 5.91 Å². The van der Waals surface area contributed by atoms with Gasteiger partial charge in [0, 0.05) is 36.8 Å². The highest BCUT2D eigenvalue weighted by atomic mass is 35.5. The number of ether oxygens (including phenoxy) is 3. The van der Waals surface area contributed by atoms with Gasteiger partial charge < -0.3 is 29.5 Å². The van der Waals surface area contributed by atoms with Crippen molar-refractivity contribution in [2.45, 2.75) is 58.0 Å². The summed E-state index contributed by atoms with van der Waals surface area (Å²) in [6.45, 7) is 4.27. The molecule has 2 N–H and O–H groups in total. The smallest absolute Gasteiger partial charge is 0.326 e. The molecular weight excluding hydrogens is 839 g/mol. The maximum Gasteiger partial charge on any atom is 0.326 e. The summed E-state index contributed by atoms with van der Waals surface area (Å²) in [7, 11) is 0. The highest BCUT2D eigenvalue weighted by Crippen LogP contribution is 2.41. The first-order chi connectivity index (χ1) is 29.8.